The molecule has 396 valence electrons. The Labute approximate surface area is 458 Å². The molecule has 3 saturated heterocycles. The summed E-state index contributed by atoms with van der Waals surface area (Å²) in [6.07, 6.45) is -11.2. The van der Waals surface area contributed by atoms with Gasteiger partial charge in [0.05, 0.1) is 71.4 Å². The number of nitrogens with zero attached hydrogens (tertiary/aromatic N) is 1. The number of rotatable bonds is 18. The van der Waals surface area contributed by atoms with Crippen LogP contribution in [0.1, 0.15) is 56.2 Å². The highest BCUT2D eigenvalue weighted by atomic mass is 35.5. The fourth-order valence-electron chi connectivity index (χ4n) is 9.66. The van der Waals surface area contributed by atoms with E-state index in [-0.39, 0.29) is 64.3 Å². The molecular formula is C57H51Cl4NO14. The van der Waals surface area contributed by atoms with E-state index in [9.17, 15) is 14.4 Å². The predicted octanol–water partition coefficient (Wildman–Crippen LogP) is 10.6. The average molecular weight is 1120 g/mol. The summed E-state index contributed by atoms with van der Waals surface area (Å²) in [4.78, 5) is 43.9. The topological polar surface area (TPSA) is 156 Å². The fourth-order valence-corrected chi connectivity index (χ4v) is 10.7. The summed E-state index contributed by atoms with van der Waals surface area (Å²) in [7, 11) is 1.57. The maximum absolute atomic E-state index is 14.9. The molecule has 19 heteroatoms. The molecule has 0 radical (unpaired) electrons. The number of esters is 1. The van der Waals surface area contributed by atoms with Gasteiger partial charge in [0.15, 0.2) is 18.7 Å². The van der Waals surface area contributed by atoms with E-state index in [1.165, 1.54) is 6.92 Å². The van der Waals surface area contributed by atoms with Gasteiger partial charge in [-0.15, -0.1) is 0 Å². The van der Waals surface area contributed by atoms with Gasteiger partial charge in [-0.25, -0.2) is 0 Å². The van der Waals surface area contributed by atoms with Gasteiger partial charge in [-0.05, 0) is 41.0 Å². The zero-order chi connectivity index (χ0) is 52.9. The van der Waals surface area contributed by atoms with E-state index in [1.807, 2.05) is 109 Å². The lowest BCUT2D eigenvalue weighted by atomic mass is 9.93. The van der Waals surface area contributed by atoms with Crippen molar-refractivity contribution in [2.75, 3.05) is 20.3 Å². The highest BCUT2D eigenvalue weighted by molar-refractivity contribution is 6.55. The van der Waals surface area contributed by atoms with Gasteiger partial charge in [0.25, 0.3) is 11.8 Å². The maximum Gasteiger partial charge on any atom is 0.303 e. The Morgan fingerprint density at radius 1 is 0.566 bits per heavy atom. The van der Waals surface area contributed by atoms with Crippen LogP contribution in [0.3, 0.4) is 0 Å². The Kier molecular flexibility index (Phi) is 17.2. The molecular weight excluding hydrogens is 1060 g/mol. The summed E-state index contributed by atoms with van der Waals surface area (Å²) in [5.41, 5.74) is 2.63. The third-order valence-electron chi connectivity index (χ3n) is 13.3. The van der Waals surface area contributed by atoms with Crippen LogP contribution in [0.4, 0.5) is 0 Å². The number of carbonyl (C=O) groups is 3. The molecule has 4 aliphatic rings. The number of halogens is 4. The number of imide groups is 1. The standard InChI is InChI=1S/C57H51Cl4NO14/c1-32(63)72-50-47(62-53(64)41-42(54(62)65)44(59)46(61)45(60)43(41)58)56(74-40-31-70-55(76-49(40)50)36-21-13-6-14-22-36)71-30-39-48(67-27-33-15-7-3-8-16-33)51(68-28-34-17-9-4-10-18-34)52(69-29-35-19-11-5-12-20-35)57(75-39)73-38-25-23-37(66-2)24-26-38/h3-26,39-40,47-52,55-57H,27-31H2,1-2H3/t39-,40-,47-,48+,49-,50-,51+,52-,55?,56-,57-/m1/s1. The zero-order valence-electron chi connectivity index (χ0n) is 40.9. The third-order valence-corrected chi connectivity index (χ3v) is 15.1. The minimum Gasteiger partial charge on any atom is -0.497 e. The SMILES string of the molecule is COc1ccc(O[C@@H]2O[C@H](CO[C@@H]3O[C@@H]4COC(c5ccccc5)O[C@H]4[C@H](OC(C)=O)[C@H]3N3C(=O)c4c(Cl)c(Cl)c(Cl)c(Cl)c4C3=O)[C@H](OCc3ccccc3)[C@H](OCc3ccccc3)[C@H]2OCc2ccccc2)cc1. The van der Waals surface area contributed by atoms with Crippen molar-refractivity contribution in [1.29, 1.82) is 0 Å². The normalized spacial score (nSPS) is 26.1. The number of methoxy groups -OCH3 is 1. The summed E-state index contributed by atoms with van der Waals surface area (Å²) < 4.78 is 72.2. The van der Waals surface area contributed by atoms with Gasteiger partial charge in [0.2, 0.25) is 6.29 Å². The van der Waals surface area contributed by atoms with Crippen LogP contribution in [0.5, 0.6) is 11.5 Å². The minimum atomic E-state index is -1.59. The summed E-state index contributed by atoms with van der Waals surface area (Å²) in [6, 6.07) is 43.3. The van der Waals surface area contributed by atoms with Crippen LogP contribution >= 0.6 is 46.4 Å². The van der Waals surface area contributed by atoms with Crippen molar-refractivity contribution in [1.82, 2.24) is 4.90 Å². The Morgan fingerprint density at radius 3 is 1.59 bits per heavy atom. The Bertz CT molecular complexity index is 2920. The Hall–Kier alpha value is -5.63. The summed E-state index contributed by atoms with van der Waals surface area (Å²) in [6.45, 7) is 1.12. The van der Waals surface area contributed by atoms with Crippen molar-refractivity contribution in [2.24, 2.45) is 0 Å². The molecule has 6 aromatic rings. The van der Waals surface area contributed by atoms with E-state index < -0.39 is 85.4 Å². The van der Waals surface area contributed by atoms with Crippen molar-refractivity contribution in [3.8, 4) is 11.5 Å². The molecule has 0 saturated carbocycles. The molecule has 4 aliphatic heterocycles. The molecule has 10 rings (SSSR count). The van der Waals surface area contributed by atoms with E-state index in [2.05, 4.69) is 0 Å². The van der Waals surface area contributed by atoms with E-state index in [0.717, 1.165) is 21.6 Å². The summed E-state index contributed by atoms with van der Waals surface area (Å²) in [5.74, 6) is -1.61. The van der Waals surface area contributed by atoms with Gasteiger partial charge < -0.3 is 52.1 Å². The smallest absolute Gasteiger partial charge is 0.303 e. The number of ether oxygens (including phenoxy) is 11. The van der Waals surface area contributed by atoms with E-state index in [1.54, 1.807) is 43.5 Å². The highest BCUT2D eigenvalue weighted by Crippen LogP contribution is 2.47. The van der Waals surface area contributed by atoms with Crippen molar-refractivity contribution in [2.45, 2.75) is 94.4 Å². The summed E-state index contributed by atoms with van der Waals surface area (Å²) >= 11 is 26.3. The molecule has 0 aliphatic carbocycles. The summed E-state index contributed by atoms with van der Waals surface area (Å²) in [5, 5.41) is -1.10. The molecule has 1 unspecified atom stereocenters. The van der Waals surface area contributed by atoms with Crippen molar-refractivity contribution in [3.05, 3.63) is 199 Å². The lowest BCUT2D eigenvalue weighted by Crippen LogP contribution is -2.69. The van der Waals surface area contributed by atoms with E-state index in [4.69, 9.17) is 98.5 Å². The lowest BCUT2D eigenvalue weighted by Gasteiger charge is -2.51. The number of amides is 2. The minimum absolute atomic E-state index is 0.0874. The van der Waals surface area contributed by atoms with Gasteiger partial charge in [-0.3, -0.25) is 19.3 Å². The molecule has 4 heterocycles. The zero-order valence-corrected chi connectivity index (χ0v) is 43.9. The fraction of sp³-hybridized carbons (Fsp3) is 0.316. The molecule has 0 spiro atoms. The lowest BCUT2D eigenvalue weighted by molar-refractivity contribution is -0.358. The first-order valence-electron chi connectivity index (χ1n) is 24.4. The predicted molar refractivity (Wildman–Crippen MR) is 278 cm³/mol. The first-order chi connectivity index (χ1) is 37.0. The van der Waals surface area contributed by atoms with Gasteiger partial charge in [0, 0.05) is 12.5 Å². The van der Waals surface area contributed by atoms with Crippen molar-refractivity contribution in [3.63, 3.8) is 0 Å². The average Bonchev–Trinajstić information content (AvgIpc) is 3.80. The molecule has 76 heavy (non-hydrogen) atoms. The highest BCUT2D eigenvalue weighted by Gasteiger charge is 2.60. The van der Waals surface area contributed by atoms with Crippen LogP contribution < -0.4 is 9.47 Å². The third kappa shape index (κ3) is 11.6. The molecule has 11 atom stereocenters. The molecule has 15 nitrogen and oxygen atoms in total. The molecule has 3 fully saturated rings. The van der Waals surface area contributed by atoms with Gasteiger partial charge in [-0.1, -0.05) is 168 Å². The van der Waals surface area contributed by atoms with Gasteiger partial charge >= 0.3 is 5.97 Å². The number of hydrogen-bond acceptors (Lipinski definition) is 14. The number of hydrogen-bond donors (Lipinski definition) is 0. The largest absolute Gasteiger partial charge is 0.497 e. The second-order valence-electron chi connectivity index (χ2n) is 18.2. The van der Waals surface area contributed by atoms with Gasteiger partial charge in [0.1, 0.15) is 54.2 Å². The Balaban J connectivity index is 1.05. The molecule has 0 N–H and O–H groups in total. The first-order valence-corrected chi connectivity index (χ1v) is 25.9. The molecule has 6 aromatic carbocycles. The first kappa shape index (κ1) is 53.8. The van der Waals surface area contributed by atoms with E-state index in [0.29, 0.717) is 17.1 Å². The van der Waals surface area contributed by atoms with E-state index >= 15 is 0 Å². The van der Waals surface area contributed by atoms with Crippen molar-refractivity contribution < 1.29 is 66.5 Å². The van der Waals surface area contributed by atoms with Crippen LogP contribution in [0, 0.1) is 0 Å². The Morgan fingerprint density at radius 2 is 1.07 bits per heavy atom. The monoisotopic (exact) mass is 1110 g/mol. The second kappa shape index (κ2) is 24.4. The molecule has 0 bridgehead atoms. The molecule has 0 aromatic heterocycles. The number of carbonyl (C=O) groups excluding carboxylic acids is 3. The van der Waals surface area contributed by atoms with Crippen LogP contribution in [0.25, 0.3) is 0 Å². The van der Waals surface area contributed by atoms with Crippen LogP contribution in [-0.4, -0.2) is 104 Å². The van der Waals surface area contributed by atoms with Crippen LogP contribution in [-0.2, 0) is 67.2 Å². The number of fused-ring (bicyclic) bond motifs is 2. The number of benzene rings is 6. The maximum atomic E-state index is 14.9. The van der Waals surface area contributed by atoms with Crippen molar-refractivity contribution >= 4 is 64.2 Å². The van der Waals surface area contributed by atoms with Gasteiger partial charge in [-0.2, -0.15) is 0 Å². The second-order valence-corrected chi connectivity index (χ2v) is 19.7. The quantitative estimate of drug-likeness (QED) is 0.0347. The van der Waals surface area contributed by atoms with Crippen LogP contribution in [0.15, 0.2) is 146 Å². The van der Waals surface area contributed by atoms with Crippen LogP contribution in [0.2, 0.25) is 20.1 Å². The molecule has 2 amide bonds.